The highest BCUT2D eigenvalue weighted by Crippen LogP contribution is 2.35. The third-order valence-corrected chi connectivity index (χ3v) is 3.95. The second-order valence-electron chi connectivity index (χ2n) is 4.92. The number of rotatable bonds is 4. The molecule has 0 radical (unpaired) electrons. The molecule has 2 rings (SSSR count). The highest BCUT2D eigenvalue weighted by Gasteiger charge is 2.42. The number of aliphatic hydroxyl groups is 1. The van der Waals surface area contributed by atoms with Crippen molar-refractivity contribution in [2.75, 3.05) is 6.61 Å². The van der Waals surface area contributed by atoms with Crippen molar-refractivity contribution >= 4 is 5.97 Å². The van der Waals surface area contributed by atoms with Gasteiger partial charge < -0.3 is 15.5 Å². The molecule has 0 amide bonds. The SMILES string of the molecule is O=C(O)C1CCC1NC1(CO)CCCC1. The summed E-state index contributed by atoms with van der Waals surface area (Å²) < 4.78 is 0. The minimum absolute atomic E-state index is 0.0766. The fraction of sp³-hybridized carbons (Fsp3) is 0.909. The molecule has 3 N–H and O–H groups in total. The van der Waals surface area contributed by atoms with Gasteiger partial charge in [-0.15, -0.1) is 0 Å². The van der Waals surface area contributed by atoms with E-state index in [1.807, 2.05) is 0 Å². The van der Waals surface area contributed by atoms with Gasteiger partial charge in [-0.05, 0) is 25.7 Å². The largest absolute Gasteiger partial charge is 0.481 e. The van der Waals surface area contributed by atoms with Crippen molar-refractivity contribution in [1.82, 2.24) is 5.32 Å². The molecular formula is C11H19NO3. The van der Waals surface area contributed by atoms with Gasteiger partial charge in [0.2, 0.25) is 0 Å². The maximum absolute atomic E-state index is 10.9. The standard InChI is InChI=1S/C11H19NO3/c13-7-11(5-1-2-6-11)12-9-4-3-8(9)10(14)15/h8-9,12-13H,1-7H2,(H,14,15). The molecule has 0 aromatic rings. The summed E-state index contributed by atoms with van der Waals surface area (Å²) in [4.78, 5) is 10.9. The van der Waals surface area contributed by atoms with Crippen LogP contribution in [0.2, 0.25) is 0 Å². The average Bonchev–Trinajstić information content (AvgIpc) is 2.61. The Bertz CT molecular complexity index is 248. The second-order valence-corrected chi connectivity index (χ2v) is 4.92. The Labute approximate surface area is 89.7 Å². The summed E-state index contributed by atoms with van der Waals surface area (Å²) in [6.07, 6.45) is 5.93. The van der Waals surface area contributed by atoms with Crippen LogP contribution < -0.4 is 5.32 Å². The van der Waals surface area contributed by atoms with Gasteiger partial charge in [0.1, 0.15) is 0 Å². The highest BCUT2D eigenvalue weighted by molar-refractivity contribution is 5.72. The maximum Gasteiger partial charge on any atom is 0.308 e. The molecule has 0 aromatic carbocycles. The number of carboxylic acids is 1. The quantitative estimate of drug-likeness (QED) is 0.644. The first-order valence-electron chi connectivity index (χ1n) is 5.78. The molecule has 2 aliphatic carbocycles. The van der Waals surface area contributed by atoms with Crippen LogP contribution in [0.15, 0.2) is 0 Å². The van der Waals surface area contributed by atoms with Gasteiger partial charge in [0, 0.05) is 11.6 Å². The molecule has 0 bridgehead atoms. The lowest BCUT2D eigenvalue weighted by molar-refractivity contribution is -0.146. The number of nitrogens with one attached hydrogen (secondary N) is 1. The lowest BCUT2D eigenvalue weighted by Crippen LogP contribution is -2.58. The first-order chi connectivity index (χ1) is 7.17. The van der Waals surface area contributed by atoms with Gasteiger partial charge in [-0.25, -0.2) is 0 Å². The Morgan fingerprint density at radius 3 is 2.40 bits per heavy atom. The molecule has 2 saturated carbocycles. The molecule has 2 fully saturated rings. The van der Waals surface area contributed by atoms with Crippen molar-refractivity contribution in [2.24, 2.45) is 5.92 Å². The van der Waals surface area contributed by atoms with Crippen molar-refractivity contribution in [3.05, 3.63) is 0 Å². The fourth-order valence-electron chi connectivity index (χ4n) is 2.76. The molecular weight excluding hydrogens is 194 g/mol. The van der Waals surface area contributed by atoms with E-state index < -0.39 is 5.97 Å². The molecule has 4 heteroatoms. The smallest absolute Gasteiger partial charge is 0.308 e. The van der Waals surface area contributed by atoms with Gasteiger partial charge >= 0.3 is 5.97 Å². The molecule has 2 atom stereocenters. The Balaban J connectivity index is 1.93. The van der Waals surface area contributed by atoms with E-state index in [-0.39, 0.29) is 24.1 Å². The summed E-state index contributed by atoms with van der Waals surface area (Å²) in [5.41, 5.74) is -0.182. The number of hydrogen-bond donors (Lipinski definition) is 3. The maximum atomic E-state index is 10.9. The summed E-state index contributed by atoms with van der Waals surface area (Å²) in [7, 11) is 0. The van der Waals surface area contributed by atoms with E-state index >= 15 is 0 Å². The number of carbonyl (C=O) groups is 1. The number of aliphatic hydroxyl groups excluding tert-OH is 1. The van der Waals surface area contributed by atoms with Gasteiger partial charge in [0.15, 0.2) is 0 Å². The average molecular weight is 213 g/mol. The Hall–Kier alpha value is -0.610. The van der Waals surface area contributed by atoms with E-state index in [9.17, 15) is 9.90 Å². The monoisotopic (exact) mass is 213 g/mol. The zero-order valence-electron chi connectivity index (χ0n) is 8.91. The molecule has 0 aromatic heterocycles. The van der Waals surface area contributed by atoms with E-state index in [2.05, 4.69) is 5.32 Å². The van der Waals surface area contributed by atoms with Gasteiger partial charge in [-0.2, -0.15) is 0 Å². The Kier molecular flexibility index (Phi) is 2.98. The Morgan fingerprint density at radius 2 is 2.00 bits per heavy atom. The topological polar surface area (TPSA) is 69.6 Å². The van der Waals surface area contributed by atoms with Gasteiger partial charge in [-0.3, -0.25) is 4.79 Å². The van der Waals surface area contributed by atoms with Crippen molar-refractivity contribution in [2.45, 2.75) is 50.1 Å². The van der Waals surface area contributed by atoms with Gasteiger partial charge in [-0.1, -0.05) is 12.8 Å². The van der Waals surface area contributed by atoms with Crippen LogP contribution in [0, 0.1) is 5.92 Å². The van der Waals surface area contributed by atoms with Crippen LogP contribution in [0.4, 0.5) is 0 Å². The summed E-state index contributed by atoms with van der Waals surface area (Å²) in [5.74, 6) is -0.945. The van der Waals surface area contributed by atoms with Crippen LogP contribution in [0.5, 0.6) is 0 Å². The molecule has 86 valence electrons. The van der Waals surface area contributed by atoms with Crippen LogP contribution in [0.1, 0.15) is 38.5 Å². The van der Waals surface area contributed by atoms with Crippen molar-refractivity contribution in [1.29, 1.82) is 0 Å². The van der Waals surface area contributed by atoms with Crippen LogP contribution in [-0.4, -0.2) is 34.4 Å². The van der Waals surface area contributed by atoms with E-state index in [1.165, 1.54) is 0 Å². The van der Waals surface area contributed by atoms with E-state index in [0.717, 1.165) is 38.5 Å². The molecule has 4 nitrogen and oxygen atoms in total. The molecule has 2 unspecified atom stereocenters. The molecule has 0 spiro atoms. The van der Waals surface area contributed by atoms with Crippen LogP contribution in [0.3, 0.4) is 0 Å². The lowest BCUT2D eigenvalue weighted by Gasteiger charge is -2.41. The number of aliphatic carboxylic acids is 1. The predicted molar refractivity (Wildman–Crippen MR) is 55.6 cm³/mol. The zero-order chi connectivity index (χ0) is 10.9. The van der Waals surface area contributed by atoms with E-state index in [1.54, 1.807) is 0 Å². The molecule has 0 saturated heterocycles. The van der Waals surface area contributed by atoms with Crippen LogP contribution in [0.25, 0.3) is 0 Å². The van der Waals surface area contributed by atoms with Crippen molar-refractivity contribution in [3.63, 3.8) is 0 Å². The van der Waals surface area contributed by atoms with Gasteiger partial charge in [0.25, 0.3) is 0 Å². The lowest BCUT2D eigenvalue weighted by atomic mass is 9.78. The summed E-state index contributed by atoms with van der Waals surface area (Å²) in [6.45, 7) is 0.135. The predicted octanol–water partition coefficient (Wildman–Crippen LogP) is 0.744. The molecule has 0 aliphatic heterocycles. The fourth-order valence-corrected chi connectivity index (χ4v) is 2.76. The van der Waals surface area contributed by atoms with Crippen molar-refractivity contribution in [3.8, 4) is 0 Å². The second kappa shape index (κ2) is 4.10. The number of carboxylic acid groups (broad SMARTS) is 1. The molecule has 2 aliphatic rings. The van der Waals surface area contributed by atoms with Crippen LogP contribution >= 0.6 is 0 Å². The third-order valence-electron chi connectivity index (χ3n) is 3.95. The zero-order valence-corrected chi connectivity index (χ0v) is 8.91. The van der Waals surface area contributed by atoms with Crippen LogP contribution in [-0.2, 0) is 4.79 Å². The minimum atomic E-state index is -0.704. The minimum Gasteiger partial charge on any atom is -0.481 e. The number of hydrogen-bond acceptors (Lipinski definition) is 3. The summed E-state index contributed by atoms with van der Waals surface area (Å²) in [6, 6.07) is 0.0766. The summed E-state index contributed by atoms with van der Waals surface area (Å²) >= 11 is 0. The third kappa shape index (κ3) is 2.01. The van der Waals surface area contributed by atoms with E-state index in [4.69, 9.17) is 5.11 Å². The van der Waals surface area contributed by atoms with Crippen molar-refractivity contribution < 1.29 is 15.0 Å². The first kappa shape index (κ1) is 10.9. The Morgan fingerprint density at radius 1 is 1.33 bits per heavy atom. The summed E-state index contributed by atoms with van der Waals surface area (Å²) in [5, 5.41) is 21.7. The molecule has 0 heterocycles. The normalized spacial score (nSPS) is 33.7. The highest BCUT2D eigenvalue weighted by atomic mass is 16.4. The van der Waals surface area contributed by atoms with Gasteiger partial charge in [0.05, 0.1) is 12.5 Å². The molecule has 15 heavy (non-hydrogen) atoms. The van der Waals surface area contributed by atoms with E-state index in [0.29, 0.717) is 0 Å². The first-order valence-corrected chi connectivity index (χ1v) is 5.78.